The molecule has 0 aliphatic carbocycles. The van der Waals surface area contributed by atoms with Crippen LogP contribution >= 0.6 is 11.8 Å². The van der Waals surface area contributed by atoms with Crippen LogP contribution in [0.1, 0.15) is 11.3 Å². The molecule has 78 valence electrons. The molecule has 1 heterocycles. The number of hydrogen-bond acceptors (Lipinski definition) is 2. The molecule has 0 amide bonds. The fourth-order valence-electron chi connectivity index (χ4n) is 1.52. The fourth-order valence-corrected chi connectivity index (χ4v) is 1.96. The van der Waals surface area contributed by atoms with E-state index in [0.29, 0.717) is 0 Å². The van der Waals surface area contributed by atoms with E-state index in [2.05, 4.69) is 48.1 Å². The van der Waals surface area contributed by atoms with Crippen molar-refractivity contribution in [3.8, 4) is 11.3 Å². The normalized spacial score (nSPS) is 10.6. The highest BCUT2D eigenvalue weighted by atomic mass is 32.2. The lowest BCUT2D eigenvalue weighted by atomic mass is 10.1. The minimum Gasteiger partial charge on any atom is -0.337 e. The van der Waals surface area contributed by atoms with Gasteiger partial charge in [-0.2, -0.15) is 0 Å². The van der Waals surface area contributed by atoms with Gasteiger partial charge < -0.3 is 4.98 Å². The molecule has 0 spiro atoms. The van der Waals surface area contributed by atoms with E-state index in [1.165, 1.54) is 11.1 Å². The lowest BCUT2D eigenvalue weighted by molar-refractivity contribution is 1.05. The summed E-state index contributed by atoms with van der Waals surface area (Å²) >= 11 is 1.63. The van der Waals surface area contributed by atoms with Crippen LogP contribution < -0.4 is 0 Å². The zero-order valence-electron chi connectivity index (χ0n) is 9.16. The van der Waals surface area contributed by atoms with E-state index < -0.39 is 0 Å². The van der Waals surface area contributed by atoms with Gasteiger partial charge in [-0.05, 0) is 20.1 Å². The lowest BCUT2D eigenvalue weighted by Gasteiger charge is -1.98. The van der Waals surface area contributed by atoms with Crippen molar-refractivity contribution in [1.82, 2.24) is 9.97 Å². The molecule has 0 atom stereocenters. The second-order valence-electron chi connectivity index (χ2n) is 3.59. The molecule has 2 nitrogen and oxygen atoms in total. The van der Waals surface area contributed by atoms with E-state index in [9.17, 15) is 0 Å². The van der Waals surface area contributed by atoms with Gasteiger partial charge in [0, 0.05) is 11.3 Å². The number of imidazole rings is 1. The summed E-state index contributed by atoms with van der Waals surface area (Å²) in [6.07, 6.45) is 2.02. The summed E-state index contributed by atoms with van der Waals surface area (Å²) in [7, 11) is 0. The predicted molar refractivity (Wildman–Crippen MR) is 65.3 cm³/mol. The maximum absolute atomic E-state index is 4.54. The first-order chi connectivity index (χ1) is 7.20. The molecule has 0 bridgehead atoms. The van der Waals surface area contributed by atoms with E-state index in [0.717, 1.165) is 16.5 Å². The maximum Gasteiger partial charge on any atom is 0.165 e. The van der Waals surface area contributed by atoms with Crippen molar-refractivity contribution in [2.24, 2.45) is 0 Å². The van der Waals surface area contributed by atoms with Crippen molar-refractivity contribution in [3.05, 3.63) is 35.5 Å². The summed E-state index contributed by atoms with van der Waals surface area (Å²) < 4.78 is 0. The number of benzene rings is 1. The number of nitrogens with zero attached hydrogens (tertiary/aromatic N) is 1. The Kier molecular flexibility index (Phi) is 2.82. The summed E-state index contributed by atoms with van der Waals surface area (Å²) in [5.41, 5.74) is 4.63. The quantitative estimate of drug-likeness (QED) is 0.782. The van der Waals surface area contributed by atoms with Gasteiger partial charge in [0.1, 0.15) is 0 Å². The molecule has 15 heavy (non-hydrogen) atoms. The Morgan fingerprint density at radius 2 is 1.80 bits per heavy atom. The van der Waals surface area contributed by atoms with Gasteiger partial charge in [-0.1, -0.05) is 41.6 Å². The molecule has 0 saturated heterocycles. The second-order valence-corrected chi connectivity index (χ2v) is 4.38. The van der Waals surface area contributed by atoms with Gasteiger partial charge in [0.25, 0.3) is 0 Å². The third kappa shape index (κ3) is 2.07. The number of nitrogens with one attached hydrogen (secondary N) is 1. The lowest BCUT2D eigenvalue weighted by Crippen LogP contribution is -1.81. The Morgan fingerprint density at radius 1 is 1.13 bits per heavy atom. The first-order valence-corrected chi connectivity index (χ1v) is 6.11. The second kappa shape index (κ2) is 4.11. The molecule has 0 saturated carbocycles. The van der Waals surface area contributed by atoms with Gasteiger partial charge in [-0.25, -0.2) is 4.98 Å². The number of aryl methyl sites for hydroxylation is 2. The van der Waals surface area contributed by atoms with E-state index in [-0.39, 0.29) is 0 Å². The van der Waals surface area contributed by atoms with Gasteiger partial charge in [-0.3, -0.25) is 0 Å². The molecule has 1 aromatic carbocycles. The zero-order valence-corrected chi connectivity index (χ0v) is 9.98. The van der Waals surface area contributed by atoms with Crippen molar-refractivity contribution in [2.45, 2.75) is 19.0 Å². The Bertz CT molecular complexity index is 457. The van der Waals surface area contributed by atoms with Crippen molar-refractivity contribution >= 4 is 11.8 Å². The highest BCUT2D eigenvalue weighted by molar-refractivity contribution is 7.98. The molecule has 0 fully saturated rings. The average Bonchev–Trinajstić information content (AvgIpc) is 2.61. The monoisotopic (exact) mass is 218 g/mol. The molecule has 1 N–H and O–H groups in total. The maximum atomic E-state index is 4.54. The van der Waals surface area contributed by atoms with Crippen LogP contribution in [0.2, 0.25) is 0 Å². The summed E-state index contributed by atoms with van der Waals surface area (Å²) in [5, 5.41) is 0.975. The summed E-state index contributed by atoms with van der Waals surface area (Å²) in [4.78, 5) is 7.79. The zero-order chi connectivity index (χ0) is 10.8. The standard InChI is InChI=1S/C12H14N2S/c1-8-4-6-10(7-5-8)11-9(2)13-12(14-11)15-3/h4-7H,1-3H3,(H,13,14). The molecule has 0 aliphatic heterocycles. The van der Waals surface area contributed by atoms with Crippen LogP contribution in [-0.4, -0.2) is 16.2 Å². The minimum atomic E-state index is 0.975. The van der Waals surface area contributed by atoms with Crippen LogP contribution in [0, 0.1) is 13.8 Å². The smallest absolute Gasteiger partial charge is 0.165 e. The van der Waals surface area contributed by atoms with Crippen LogP contribution in [-0.2, 0) is 0 Å². The van der Waals surface area contributed by atoms with Crippen LogP contribution in [0.3, 0.4) is 0 Å². The van der Waals surface area contributed by atoms with E-state index >= 15 is 0 Å². The number of rotatable bonds is 2. The summed E-state index contributed by atoms with van der Waals surface area (Å²) in [6, 6.07) is 8.45. The van der Waals surface area contributed by atoms with Gasteiger partial charge in [0.2, 0.25) is 0 Å². The first kappa shape index (κ1) is 10.3. The van der Waals surface area contributed by atoms with Gasteiger partial charge in [0.05, 0.1) is 5.69 Å². The van der Waals surface area contributed by atoms with Crippen LogP contribution in [0.25, 0.3) is 11.3 Å². The number of aromatic nitrogens is 2. The molecule has 2 rings (SSSR count). The Labute approximate surface area is 94.1 Å². The van der Waals surface area contributed by atoms with Crippen LogP contribution in [0.15, 0.2) is 29.4 Å². The Balaban J connectivity index is 2.44. The van der Waals surface area contributed by atoms with Gasteiger partial charge in [-0.15, -0.1) is 0 Å². The molecule has 0 radical (unpaired) electrons. The molecule has 0 unspecified atom stereocenters. The number of aromatic amines is 1. The number of H-pyrrole nitrogens is 1. The molecular weight excluding hydrogens is 204 g/mol. The Hall–Kier alpha value is -1.22. The van der Waals surface area contributed by atoms with Gasteiger partial charge in [0.15, 0.2) is 5.16 Å². The number of thioether (sulfide) groups is 1. The highest BCUT2D eigenvalue weighted by Gasteiger charge is 2.07. The predicted octanol–water partition coefficient (Wildman–Crippen LogP) is 3.42. The first-order valence-electron chi connectivity index (χ1n) is 4.88. The average molecular weight is 218 g/mol. The fraction of sp³-hybridized carbons (Fsp3) is 0.250. The number of hydrogen-bond donors (Lipinski definition) is 1. The van der Waals surface area contributed by atoms with Gasteiger partial charge >= 0.3 is 0 Å². The third-order valence-electron chi connectivity index (χ3n) is 2.38. The van der Waals surface area contributed by atoms with Crippen molar-refractivity contribution in [3.63, 3.8) is 0 Å². The molecular formula is C12H14N2S. The largest absolute Gasteiger partial charge is 0.337 e. The van der Waals surface area contributed by atoms with Crippen molar-refractivity contribution in [2.75, 3.05) is 6.26 Å². The topological polar surface area (TPSA) is 28.7 Å². The van der Waals surface area contributed by atoms with Crippen LogP contribution in [0.4, 0.5) is 0 Å². The third-order valence-corrected chi connectivity index (χ3v) is 2.96. The summed E-state index contributed by atoms with van der Waals surface area (Å²) in [5.74, 6) is 0. The molecule has 0 aliphatic rings. The molecule has 1 aromatic heterocycles. The minimum absolute atomic E-state index is 0.975. The SMILES string of the molecule is CSc1nc(-c2ccc(C)cc2)c(C)[nH]1. The Morgan fingerprint density at radius 3 is 2.33 bits per heavy atom. The van der Waals surface area contributed by atoms with E-state index in [4.69, 9.17) is 0 Å². The van der Waals surface area contributed by atoms with E-state index in [1.54, 1.807) is 11.8 Å². The summed E-state index contributed by atoms with van der Waals surface area (Å²) in [6.45, 7) is 4.15. The van der Waals surface area contributed by atoms with Crippen molar-refractivity contribution in [1.29, 1.82) is 0 Å². The molecule has 3 heteroatoms. The van der Waals surface area contributed by atoms with E-state index in [1.807, 2.05) is 6.26 Å². The van der Waals surface area contributed by atoms with Crippen molar-refractivity contribution < 1.29 is 0 Å². The molecule has 2 aromatic rings. The highest BCUT2D eigenvalue weighted by Crippen LogP contribution is 2.24. The van der Waals surface area contributed by atoms with Crippen LogP contribution in [0.5, 0.6) is 0 Å².